The lowest BCUT2D eigenvalue weighted by atomic mass is 10.1. The maximum atomic E-state index is 13.5. The van der Waals surface area contributed by atoms with Crippen LogP contribution in [0.15, 0.2) is 47.4 Å². The number of carbonyl (C=O) groups is 3. The number of hydrogen-bond donors (Lipinski definition) is 1. The number of amides is 3. The Morgan fingerprint density at radius 3 is 2.43 bits per heavy atom. The number of benzene rings is 2. The first kappa shape index (κ1) is 27.0. The number of sulfonamides is 1. The number of halogens is 2. The average molecular weight is 540 g/mol. The van der Waals surface area contributed by atoms with Crippen LogP contribution in [-0.4, -0.2) is 54.5 Å². The van der Waals surface area contributed by atoms with Crippen LogP contribution < -0.4 is 5.32 Å². The van der Waals surface area contributed by atoms with E-state index in [2.05, 4.69) is 5.32 Å². The molecule has 0 spiro atoms. The molecule has 11 heteroatoms. The third kappa shape index (κ3) is 5.79. The van der Waals surface area contributed by atoms with Gasteiger partial charge in [-0.15, -0.1) is 0 Å². The van der Waals surface area contributed by atoms with Crippen LogP contribution in [0.5, 0.6) is 0 Å². The van der Waals surface area contributed by atoms with Gasteiger partial charge >= 0.3 is 0 Å². The maximum absolute atomic E-state index is 13.5. The second kappa shape index (κ2) is 11.4. The van der Waals surface area contributed by atoms with Gasteiger partial charge in [-0.2, -0.15) is 0 Å². The summed E-state index contributed by atoms with van der Waals surface area (Å²) in [6.45, 7) is 3.46. The zero-order valence-corrected chi connectivity index (χ0v) is 21.8. The molecule has 0 saturated carbocycles. The Kier molecular flexibility index (Phi) is 8.79. The Labute approximate surface area is 215 Å². The molecule has 0 fully saturated rings. The molecule has 0 unspecified atom stereocenters. The molecule has 188 valence electrons. The maximum Gasteiger partial charge on any atom is 0.269 e. The van der Waals surface area contributed by atoms with Gasteiger partial charge in [-0.25, -0.2) is 12.7 Å². The first-order chi connectivity index (χ1) is 16.6. The molecular weight excluding hydrogens is 513 g/mol. The van der Waals surface area contributed by atoms with Crippen molar-refractivity contribution in [1.29, 1.82) is 0 Å². The number of hydrogen-bond acceptors (Lipinski definition) is 5. The van der Waals surface area contributed by atoms with Crippen LogP contribution in [0.1, 0.15) is 49.0 Å². The van der Waals surface area contributed by atoms with Gasteiger partial charge in [-0.1, -0.05) is 61.7 Å². The minimum Gasteiger partial charge on any atom is -0.354 e. The van der Waals surface area contributed by atoms with Crippen molar-refractivity contribution in [2.24, 2.45) is 0 Å². The summed E-state index contributed by atoms with van der Waals surface area (Å²) >= 11 is 12.1. The molecular formula is C24H27Cl2N3O5S. The second-order valence-electron chi connectivity index (χ2n) is 8.15. The van der Waals surface area contributed by atoms with E-state index in [4.69, 9.17) is 23.2 Å². The second-order valence-corrected chi connectivity index (χ2v) is 10.8. The molecule has 35 heavy (non-hydrogen) atoms. The summed E-state index contributed by atoms with van der Waals surface area (Å²) in [4.78, 5) is 40.4. The molecule has 0 bridgehead atoms. The predicted molar refractivity (Wildman–Crippen MR) is 134 cm³/mol. The van der Waals surface area contributed by atoms with Crippen LogP contribution in [0.3, 0.4) is 0 Å². The normalized spacial score (nSPS) is 15.0. The van der Waals surface area contributed by atoms with E-state index in [1.807, 2.05) is 6.92 Å². The number of nitrogens with one attached hydrogen (secondary N) is 1. The molecule has 0 radical (unpaired) electrons. The molecule has 1 heterocycles. The molecule has 0 saturated heterocycles. The molecule has 0 aliphatic carbocycles. The zero-order valence-electron chi connectivity index (χ0n) is 19.5. The first-order valence-corrected chi connectivity index (χ1v) is 13.5. The van der Waals surface area contributed by atoms with E-state index in [0.29, 0.717) is 21.4 Å². The van der Waals surface area contributed by atoms with Crippen LogP contribution in [0.4, 0.5) is 0 Å². The highest BCUT2D eigenvalue weighted by Crippen LogP contribution is 2.30. The van der Waals surface area contributed by atoms with Gasteiger partial charge in [0.05, 0.1) is 15.6 Å². The minimum absolute atomic E-state index is 0.0145. The van der Waals surface area contributed by atoms with E-state index in [0.717, 1.165) is 12.8 Å². The van der Waals surface area contributed by atoms with E-state index in [9.17, 15) is 22.8 Å². The van der Waals surface area contributed by atoms with Crippen LogP contribution in [0.2, 0.25) is 10.0 Å². The molecule has 2 aromatic carbocycles. The highest BCUT2D eigenvalue weighted by molar-refractivity contribution is 7.90. The summed E-state index contributed by atoms with van der Waals surface area (Å²) in [6.07, 6.45) is 1.95. The van der Waals surface area contributed by atoms with Gasteiger partial charge in [-0.3, -0.25) is 14.4 Å². The zero-order chi connectivity index (χ0) is 25.8. The van der Waals surface area contributed by atoms with E-state index < -0.39 is 34.4 Å². The monoisotopic (exact) mass is 539 g/mol. The van der Waals surface area contributed by atoms with Gasteiger partial charge in [0.2, 0.25) is 11.8 Å². The highest BCUT2D eigenvalue weighted by Gasteiger charge is 2.43. The smallest absolute Gasteiger partial charge is 0.269 e. The van der Waals surface area contributed by atoms with Crippen molar-refractivity contribution in [3.63, 3.8) is 0 Å². The predicted octanol–water partition coefficient (Wildman–Crippen LogP) is 3.86. The van der Waals surface area contributed by atoms with Gasteiger partial charge in [-0.05, 0) is 42.7 Å². The first-order valence-electron chi connectivity index (χ1n) is 11.3. The van der Waals surface area contributed by atoms with Crippen LogP contribution >= 0.6 is 23.2 Å². The summed E-state index contributed by atoms with van der Waals surface area (Å²) < 4.78 is 26.5. The Bertz CT molecular complexity index is 1240. The van der Waals surface area contributed by atoms with Crippen LogP contribution in [0, 0.1) is 0 Å². The molecule has 8 nitrogen and oxygen atoms in total. The summed E-state index contributed by atoms with van der Waals surface area (Å²) in [5.41, 5.74) is 0.618. The van der Waals surface area contributed by atoms with Gasteiger partial charge < -0.3 is 10.2 Å². The Hall–Kier alpha value is -2.62. The number of nitrogens with zero attached hydrogens (tertiary/aromatic N) is 2. The fraction of sp³-hybridized carbons (Fsp3) is 0.375. The van der Waals surface area contributed by atoms with Crippen LogP contribution in [0.25, 0.3) is 0 Å². The van der Waals surface area contributed by atoms with Crippen molar-refractivity contribution >= 4 is 50.9 Å². The van der Waals surface area contributed by atoms with Crippen molar-refractivity contribution in [3.05, 3.63) is 63.6 Å². The number of carbonyl (C=O) groups excluding carboxylic acids is 3. The molecule has 2 aromatic rings. The topological polar surface area (TPSA) is 104 Å². The standard InChI is InChI=1S/C24H27Cl2N3O5S/c1-3-5-12-27-23(31)20(4-2)28(14-16-10-11-18(25)19(26)13-16)22(30)15-29-24(32)17-8-6-7-9-21(17)35(29,33)34/h6-11,13,20H,3-5,12,14-15H2,1-2H3,(H,27,31)/t20-/m0/s1. The molecule has 1 aliphatic heterocycles. The van der Waals surface area contributed by atoms with E-state index in [-0.39, 0.29) is 34.4 Å². The molecule has 1 atom stereocenters. The largest absolute Gasteiger partial charge is 0.354 e. The summed E-state index contributed by atoms with van der Waals surface area (Å²) in [5, 5.41) is 3.45. The van der Waals surface area contributed by atoms with Gasteiger partial charge in [0.25, 0.3) is 15.9 Å². The lowest BCUT2D eigenvalue weighted by Gasteiger charge is -2.31. The highest BCUT2D eigenvalue weighted by atomic mass is 35.5. The average Bonchev–Trinajstić information content (AvgIpc) is 3.02. The fourth-order valence-electron chi connectivity index (χ4n) is 3.86. The van der Waals surface area contributed by atoms with Crippen molar-refractivity contribution in [2.75, 3.05) is 13.1 Å². The lowest BCUT2D eigenvalue weighted by Crippen LogP contribution is -2.52. The summed E-state index contributed by atoms with van der Waals surface area (Å²) in [5.74, 6) is -1.81. The SMILES string of the molecule is CCCCNC(=O)[C@H](CC)N(Cc1ccc(Cl)c(Cl)c1)C(=O)CN1C(=O)c2ccccc2S1(=O)=O. The third-order valence-corrected chi connectivity index (χ3v) is 8.27. The van der Waals surface area contributed by atoms with E-state index in [1.165, 1.54) is 23.1 Å². The van der Waals surface area contributed by atoms with Gasteiger partial charge in [0.1, 0.15) is 17.5 Å². The molecule has 3 amide bonds. The number of fused-ring (bicyclic) bond motifs is 1. The number of rotatable bonds is 10. The fourth-order valence-corrected chi connectivity index (χ4v) is 5.70. The Morgan fingerprint density at radius 2 is 1.80 bits per heavy atom. The van der Waals surface area contributed by atoms with Crippen molar-refractivity contribution in [1.82, 2.24) is 14.5 Å². The molecule has 1 N–H and O–H groups in total. The summed E-state index contributed by atoms with van der Waals surface area (Å²) in [6, 6.07) is 9.76. The molecule has 0 aromatic heterocycles. The summed E-state index contributed by atoms with van der Waals surface area (Å²) in [7, 11) is -4.18. The van der Waals surface area contributed by atoms with Crippen molar-refractivity contribution in [2.45, 2.75) is 50.6 Å². The van der Waals surface area contributed by atoms with E-state index in [1.54, 1.807) is 31.2 Å². The molecule has 1 aliphatic rings. The minimum atomic E-state index is -4.18. The van der Waals surface area contributed by atoms with E-state index >= 15 is 0 Å². The Balaban J connectivity index is 1.91. The Morgan fingerprint density at radius 1 is 1.09 bits per heavy atom. The van der Waals surface area contributed by atoms with Crippen molar-refractivity contribution < 1.29 is 22.8 Å². The third-order valence-electron chi connectivity index (χ3n) is 5.74. The number of unbranched alkanes of at least 4 members (excludes halogenated alkanes) is 1. The lowest BCUT2D eigenvalue weighted by molar-refractivity contribution is -0.141. The molecule has 3 rings (SSSR count). The van der Waals surface area contributed by atoms with Crippen molar-refractivity contribution in [3.8, 4) is 0 Å². The quantitative estimate of drug-likeness (QED) is 0.461. The van der Waals surface area contributed by atoms with Gasteiger partial charge in [0, 0.05) is 13.1 Å². The van der Waals surface area contributed by atoms with Gasteiger partial charge in [0.15, 0.2) is 0 Å². The van der Waals surface area contributed by atoms with Crippen LogP contribution in [-0.2, 0) is 26.2 Å².